The third-order valence-corrected chi connectivity index (χ3v) is 12.1. The SMILES string of the molecule is CCCCC/C=C\C\C=C/C=C/C=C/[C@@H](SC[C@H](N)C(=O)O[C@H](COC(=O)CCCCCCCCC/C=C\CCCCCC)COP(=O)(O)OC[C@H](N)C(=O)O)[C@@H](O)CCCC(=O)O. The lowest BCUT2D eigenvalue weighted by molar-refractivity contribution is -0.161. The zero-order chi connectivity index (χ0) is 47.7. The molecule has 368 valence electrons. The van der Waals surface area contributed by atoms with E-state index in [1.54, 1.807) is 18.2 Å². The number of phosphoric ester groups is 1. The number of hydrogen-bond acceptors (Lipinski definition) is 13. The Kier molecular flexibility index (Phi) is 39.4. The number of carbonyl (C=O) groups is 4. The molecule has 0 aromatic rings. The molecule has 15 nitrogen and oxygen atoms in total. The maximum atomic E-state index is 13.2. The van der Waals surface area contributed by atoms with Crippen LogP contribution in [0.2, 0.25) is 0 Å². The third-order valence-electron chi connectivity index (χ3n) is 9.74. The van der Waals surface area contributed by atoms with Gasteiger partial charge in [0, 0.05) is 23.8 Å². The Labute approximate surface area is 387 Å². The molecule has 1 unspecified atom stereocenters. The normalized spacial score (nSPS) is 15.5. The zero-order valence-corrected chi connectivity index (χ0v) is 40.2. The number of aliphatic hydroxyl groups is 1. The van der Waals surface area contributed by atoms with Gasteiger partial charge in [0.25, 0.3) is 0 Å². The predicted molar refractivity (Wildman–Crippen MR) is 255 cm³/mol. The number of carbonyl (C=O) groups excluding carboxylic acids is 2. The van der Waals surface area contributed by atoms with Gasteiger partial charge >= 0.3 is 31.7 Å². The minimum atomic E-state index is -4.88. The number of aliphatic hydroxyl groups excluding tert-OH is 1. The molecule has 0 amide bonds. The van der Waals surface area contributed by atoms with E-state index < -0.39 is 81.1 Å². The lowest BCUT2D eigenvalue weighted by Crippen LogP contribution is -2.40. The summed E-state index contributed by atoms with van der Waals surface area (Å²) in [5.41, 5.74) is 11.5. The fourth-order valence-electron chi connectivity index (χ4n) is 5.89. The van der Waals surface area contributed by atoms with Crippen molar-refractivity contribution in [2.75, 3.05) is 25.6 Å². The van der Waals surface area contributed by atoms with Crippen molar-refractivity contribution >= 4 is 43.5 Å². The molecule has 0 rings (SSSR count). The van der Waals surface area contributed by atoms with E-state index in [1.165, 1.54) is 44.9 Å². The van der Waals surface area contributed by atoms with Gasteiger partial charge < -0.3 is 41.2 Å². The molecule has 0 aliphatic rings. The Hall–Kier alpha value is -3.08. The molecule has 0 fully saturated rings. The molecule has 0 aromatic carbocycles. The van der Waals surface area contributed by atoms with Gasteiger partial charge in [-0.2, -0.15) is 0 Å². The molecular weight excluding hydrogens is 864 g/mol. The molecule has 0 saturated carbocycles. The van der Waals surface area contributed by atoms with Gasteiger partial charge in [-0.1, -0.05) is 139 Å². The number of allylic oxidation sites excluding steroid dienone is 9. The smallest absolute Gasteiger partial charge is 0.472 e. The summed E-state index contributed by atoms with van der Waals surface area (Å²) < 4.78 is 32.9. The highest BCUT2D eigenvalue weighted by Gasteiger charge is 2.30. The van der Waals surface area contributed by atoms with Crippen LogP contribution < -0.4 is 11.5 Å². The van der Waals surface area contributed by atoms with E-state index in [9.17, 15) is 33.7 Å². The summed E-state index contributed by atoms with van der Waals surface area (Å²) in [5, 5.41) is 28.4. The number of ether oxygens (including phenoxy) is 2. The Balaban J connectivity index is 5.27. The first-order chi connectivity index (χ1) is 30.7. The van der Waals surface area contributed by atoms with Gasteiger partial charge in [0.05, 0.1) is 19.3 Å². The van der Waals surface area contributed by atoms with Gasteiger partial charge in [-0.3, -0.25) is 28.2 Å². The predicted octanol–water partition coefficient (Wildman–Crippen LogP) is 9.26. The second kappa shape index (κ2) is 41.4. The van der Waals surface area contributed by atoms with Crippen LogP contribution in [0, 0.1) is 0 Å². The van der Waals surface area contributed by atoms with Crippen LogP contribution in [-0.2, 0) is 42.3 Å². The van der Waals surface area contributed by atoms with Crippen LogP contribution in [-0.4, -0.2) is 99.2 Å². The Morgan fingerprint density at radius 1 is 0.656 bits per heavy atom. The minimum Gasteiger partial charge on any atom is -0.481 e. The third kappa shape index (κ3) is 38.2. The van der Waals surface area contributed by atoms with Crippen molar-refractivity contribution in [1.29, 1.82) is 0 Å². The lowest BCUT2D eigenvalue weighted by Gasteiger charge is -2.23. The molecule has 0 aliphatic heterocycles. The number of aliphatic carboxylic acids is 2. The monoisotopic (exact) mass is 945 g/mol. The lowest BCUT2D eigenvalue weighted by atomic mass is 10.1. The zero-order valence-electron chi connectivity index (χ0n) is 38.5. The highest BCUT2D eigenvalue weighted by atomic mass is 32.2. The molecule has 0 heterocycles. The summed E-state index contributed by atoms with van der Waals surface area (Å²) in [5.74, 6) is -4.02. The number of hydrogen-bond donors (Lipinski definition) is 6. The molecule has 8 N–H and O–H groups in total. The largest absolute Gasteiger partial charge is 0.481 e. The van der Waals surface area contributed by atoms with E-state index in [1.807, 2.05) is 18.2 Å². The van der Waals surface area contributed by atoms with Crippen LogP contribution in [0.4, 0.5) is 0 Å². The van der Waals surface area contributed by atoms with E-state index >= 15 is 0 Å². The average molecular weight is 945 g/mol. The maximum absolute atomic E-state index is 13.2. The van der Waals surface area contributed by atoms with Crippen molar-refractivity contribution in [3.05, 3.63) is 60.8 Å². The molecular formula is C47H81N2O13PS. The Bertz CT molecular complexity index is 1440. The number of carboxylic acid groups (broad SMARTS) is 2. The van der Waals surface area contributed by atoms with Crippen LogP contribution in [0.1, 0.15) is 155 Å². The Morgan fingerprint density at radius 2 is 1.22 bits per heavy atom. The van der Waals surface area contributed by atoms with E-state index in [0.29, 0.717) is 6.42 Å². The van der Waals surface area contributed by atoms with E-state index in [0.717, 1.165) is 76.0 Å². The van der Waals surface area contributed by atoms with Crippen molar-refractivity contribution in [3.8, 4) is 0 Å². The van der Waals surface area contributed by atoms with Gasteiger partial charge in [-0.25, -0.2) is 4.57 Å². The maximum Gasteiger partial charge on any atom is 0.472 e. The van der Waals surface area contributed by atoms with E-state index in [2.05, 4.69) is 42.7 Å². The van der Waals surface area contributed by atoms with Gasteiger partial charge in [0.15, 0.2) is 6.10 Å². The number of esters is 2. The Morgan fingerprint density at radius 3 is 1.86 bits per heavy atom. The second-order valence-corrected chi connectivity index (χ2v) is 18.4. The number of carboxylic acids is 2. The van der Waals surface area contributed by atoms with Gasteiger partial charge in [-0.15, -0.1) is 11.8 Å². The topological polar surface area (TPSA) is 255 Å². The standard InChI is InChI=1S/C47H81N2O13PS/c1-3-5-7-9-11-13-15-17-18-19-21-23-25-27-29-34-45(53)59-35-39(36-60-63(57,58)61-37-40(48)46(54)55)62-47(56)41(49)38-64-43(42(50)31-30-33-44(51)52)32-28-26-24-22-20-16-14-12-10-8-6-4-2/h12-15,20,22,24,26,28,32,39-43,50H,3-11,16-19,21,23,25,27,29-31,33-38,48-49H2,1-2H3,(H,51,52)(H,54,55)(H,57,58)/b14-12-,15-13-,22-20-,26-24+,32-28+/t39-,40+,41+,42+,43-/m1/s1. The number of thioether (sulfide) groups is 1. The fraction of sp³-hybridized carbons (Fsp3) is 0.702. The quantitative estimate of drug-likeness (QED) is 0.0109. The molecule has 64 heavy (non-hydrogen) atoms. The average Bonchev–Trinajstić information content (AvgIpc) is 3.26. The van der Waals surface area contributed by atoms with Crippen LogP contribution in [0.5, 0.6) is 0 Å². The summed E-state index contributed by atoms with van der Waals surface area (Å²) in [6, 6.07) is -2.87. The summed E-state index contributed by atoms with van der Waals surface area (Å²) in [6.45, 7) is 2.24. The van der Waals surface area contributed by atoms with Crippen LogP contribution in [0.25, 0.3) is 0 Å². The summed E-state index contributed by atoms with van der Waals surface area (Å²) in [4.78, 5) is 57.9. The summed E-state index contributed by atoms with van der Waals surface area (Å²) in [6.07, 6.45) is 37.7. The summed E-state index contributed by atoms with van der Waals surface area (Å²) >= 11 is 1.15. The highest BCUT2D eigenvalue weighted by Crippen LogP contribution is 2.43. The second-order valence-electron chi connectivity index (χ2n) is 15.7. The molecule has 0 saturated heterocycles. The number of unbranched alkanes of at least 4 members (excludes halogenated alkanes) is 14. The van der Waals surface area contributed by atoms with Gasteiger partial charge in [0.1, 0.15) is 18.7 Å². The first-order valence-electron chi connectivity index (χ1n) is 23.3. The van der Waals surface area contributed by atoms with Crippen LogP contribution in [0.15, 0.2) is 60.8 Å². The van der Waals surface area contributed by atoms with Crippen molar-refractivity contribution in [2.45, 2.75) is 185 Å². The van der Waals surface area contributed by atoms with Crippen molar-refractivity contribution < 1.29 is 62.5 Å². The fourth-order valence-corrected chi connectivity index (χ4v) is 7.80. The molecule has 0 bridgehead atoms. The molecule has 0 aromatic heterocycles. The van der Waals surface area contributed by atoms with Crippen molar-refractivity contribution in [3.63, 3.8) is 0 Å². The van der Waals surface area contributed by atoms with Crippen molar-refractivity contribution in [2.24, 2.45) is 11.5 Å². The first kappa shape index (κ1) is 60.9. The molecule has 6 atom stereocenters. The minimum absolute atomic E-state index is 0.0453. The van der Waals surface area contributed by atoms with Gasteiger partial charge in [0.2, 0.25) is 0 Å². The number of phosphoric acid groups is 1. The van der Waals surface area contributed by atoms with E-state index in [-0.39, 0.29) is 31.4 Å². The molecule has 17 heteroatoms. The highest BCUT2D eigenvalue weighted by molar-refractivity contribution is 8.00. The first-order valence-corrected chi connectivity index (χ1v) is 25.8. The van der Waals surface area contributed by atoms with Crippen LogP contribution in [0.3, 0.4) is 0 Å². The molecule has 0 spiro atoms. The molecule has 0 radical (unpaired) electrons. The van der Waals surface area contributed by atoms with Gasteiger partial charge in [-0.05, 0) is 64.2 Å². The van der Waals surface area contributed by atoms with Crippen LogP contribution >= 0.6 is 19.6 Å². The van der Waals surface area contributed by atoms with E-state index in [4.69, 9.17) is 35.7 Å². The van der Waals surface area contributed by atoms with Crippen molar-refractivity contribution in [1.82, 2.24) is 0 Å². The molecule has 0 aliphatic carbocycles. The number of nitrogens with two attached hydrogens (primary N) is 2. The number of rotatable bonds is 43. The summed E-state index contributed by atoms with van der Waals surface area (Å²) in [7, 11) is -4.88.